The van der Waals surface area contributed by atoms with Crippen LogP contribution in [0.4, 0.5) is 0 Å². The van der Waals surface area contributed by atoms with Crippen LogP contribution in [-0.2, 0) is 0 Å². The van der Waals surface area contributed by atoms with Gasteiger partial charge in [0, 0.05) is 18.5 Å². The van der Waals surface area contributed by atoms with Gasteiger partial charge in [0.2, 0.25) is 0 Å². The summed E-state index contributed by atoms with van der Waals surface area (Å²) < 4.78 is 0. The number of hydrogen-bond acceptors (Lipinski definition) is 5. The minimum Gasteiger partial charge on any atom is -0.506 e. The normalized spacial score (nSPS) is 11.3. The van der Waals surface area contributed by atoms with Crippen molar-refractivity contribution in [3.63, 3.8) is 0 Å². The summed E-state index contributed by atoms with van der Waals surface area (Å²) in [5.41, 5.74) is 4.08. The van der Waals surface area contributed by atoms with Crippen molar-refractivity contribution in [1.29, 1.82) is 0 Å². The molecular weight excluding hydrogens is 336 g/mol. The highest BCUT2D eigenvalue weighted by molar-refractivity contribution is 5.74. The van der Waals surface area contributed by atoms with Gasteiger partial charge in [-0.25, -0.2) is 9.97 Å². The first-order valence-electron chi connectivity index (χ1n) is 8.47. The summed E-state index contributed by atoms with van der Waals surface area (Å²) >= 11 is 0. The van der Waals surface area contributed by atoms with E-state index in [9.17, 15) is 5.11 Å². The summed E-state index contributed by atoms with van der Waals surface area (Å²) in [4.78, 5) is 17.7. The maximum atomic E-state index is 10.4. The van der Waals surface area contributed by atoms with Crippen molar-refractivity contribution in [3.05, 3.63) is 96.6 Å². The summed E-state index contributed by atoms with van der Waals surface area (Å²) in [6.07, 6.45) is 5.00. The summed E-state index contributed by atoms with van der Waals surface area (Å²) in [6, 6.07) is 22.4. The van der Waals surface area contributed by atoms with Crippen molar-refractivity contribution in [2.75, 3.05) is 0 Å². The first kappa shape index (κ1) is 16.6. The molecular formula is C22H16N4O. The number of nitrogens with zero attached hydrogens (tertiary/aromatic N) is 4. The van der Waals surface area contributed by atoms with Crippen molar-refractivity contribution >= 4 is 11.8 Å². The number of aromatic nitrogens is 4. The van der Waals surface area contributed by atoms with Gasteiger partial charge in [0.25, 0.3) is 0 Å². The summed E-state index contributed by atoms with van der Waals surface area (Å²) in [5, 5.41) is 10.4. The Kier molecular flexibility index (Phi) is 4.66. The van der Waals surface area contributed by atoms with Gasteiger partial charge in [0.1, 0.15) is 11.5 Å². The predicted molar refractivity (Wildman–Crippen MR) is 105 cm³/mol. The lowest BCUT2D eigenvalue weighted by Gasteiger charge is -2.06. The molecule has 5 heteroatoms. The van der Waals surface area contributed by atoms with E-state index in [0.29, 0.717) is 22.8 Å². The van der Waals surface area contributed by atoms with Crippen molar-refractivity contribution < 1.29 is 5.11 Å². The highest BCUT2D eigenvalue weighted by Crippen LogP contribution is 2.22. The van der Waals surface area contributed by atoms with E-state index in [1.54, 1.807) is 24.5 Å². The van der Waals surface area contributed by atoms with Gasteiger partial charge in [-0.15, -0.1) is 0 Å². The fraction of sp³-hybridized carbons (Fsp3) is 0. The second-order valence-corrected chi connectivity index (χ2v) is 5.82. The number of aliphatic hydroxyl groups is 1. The van der Waals surface area contributed by atoms with Crippen LogP contribution in [0.2, 0.25) is 0 Å². The zero-order valence-corrected chi connectivity index (χ0v) is 14.4. The molecule has 0 fully saturated rings. The molecule has 4 aromatic heterocycles. The first-order valence-corrected chi connectivity index (χ1v) is 8.47. The van der Waals surface area contributed by atoms with Crippen LogP contribution in [0.25, 0.3) is 34.6 Å². The number of pyridine rings is 4. The van der Waals surface area contributed by atoms with Crippen LogP contribution >= 0.6 is 0 Å². The molecule has 0 radical (unpaired) electrons. The molecule has 5 nitrogen and oxygen atoms in total. The molecule has 0 bridgehead atoms. The third-order valence-electron chi connectivity index (χ3n) is 3.92. The Morgan fingerprint density at radius 3 is 1.96 bits per heavy atom. The molecule has 0 aliphatic heterocycles. The fourth-order valence-corrected chi connectivity index (χ4v) is 2.63. The van der Waals surface area contributed by atoms with E-state index >= 15 is 0 Å². The van der Waals surface area contributed by atoms with Gasteiger partial charge >= 0.3 is 0 Å². The standard InChI is InChI=1S/C22H16N4O/c27-22(15-16-7-1-3-13-23-16)21-12-6-11-20(26-21)19-10-5-9-18(25-19)17-8-2-4-14-24-17/h1-15,27H/b22-15+. The molecule has 0 unspecified atom stereocenters. The molecule has 0 saturated heterocycles. The summed E-state index contributed by atoms with van der Waals surface area (Å²) in [7, 11) is 0. The van der Waals surface area contributed by atoms with Crippen LogP contribution in [0.15, 0.2) is 85.2 Å². The zero-order chi connectivity index (χ0) is 18.5. The van der Waals surface area contributed by atoms with E-state index in [0.717, 1.165) is 11.4 Å². The van der Waals surface area contributed by atoms with E-state index in [-0.39, 0.29) is 5.76 Å². The van der Waals surface area contributed by atoms with Crippen LogP contribution in [-0.4, -0.2) is 25.0 Å². The second kappa shape index (κ2) is 7.58. The Hall–Kier alpha value is -3.86. The van der Waals surface area contributed by atoms with Gasteiger partial charge in [-0.05, 0) is 48.5 Å². The number of aliphatic hydroxyl groups excluding tert-OH is 1. The first-order chi connectivity index (χ1) is 13.3. The van der Waals surface area contributed by atoms with Gasteiger partial charge < -0.3 is 5.11 Å². The lowest BCUT2D eigenvalue weighted by Crippen LogP contribution is -1.95. The molecule has 0 aliphatic carbocycles. The molecule has 0 aromatic carbocycles. The molecule has 27 heavy (non-hydrogen) atoms. The van der Waals surface area contributed by atoms with Crippen molar-refractivity contribution in [1.82, 2.24) is 19.9 Å². The Morgan fingerprint density at radius 2 is 1.26 bits per heavy atom. The Bertz CT molecular complexity index is 1080. The summed E-state index contributed by atoms with van der Waals surface area (Å²) in [5.74, 6) is 0.0523. The minimum atomic E-state index is 0.0523. The third-order valence-corrected chi connectivity index (χ3v) is 3.92. The average Bonchev–Trinajstić information content (AvgIpc) is 2.75. The average molecular weight is 352 g/mol. The molecule has 4 heterocycles. The SMILES string of the molecule is O/C(=C/c1ccccn1)c1cccc(-c2cccc(-c3ccccn3)n2)n1. The quantitative estimate of drug-likeness (QED) is 0.541. The molecule has 0 saturated carbocycles. The molecule has 0 atom stereocenters. The largest absolute Gasteiger partial charge is 0.506 e. The van der Waals surface area contributed by atoms with Gasteiger partial charge in [-0.1, -0.05) is 24.3 Å². The van der Waals surface area contributed by atoms with Crippen molar-refractivity contribution in [3.8, 4) is 22.8 Å². The van der Waals surface area contributed by atoms with Gasteiger partial charge in [0.15, 0.2) is 0 Å². The van der Waals surface area contributed by atoms with Crippen LogP contribution in [0.1, 0.15) is 11.4 Å². The predicted octanol–water partition coefficient (Wildman–Crippen LogP) is 4.66. The maximum absolute atomic E-state index is 10.4. The molecule has 0 spiro atoms. The Labute approximate surface area is 156 Å². The highest BCUT2D eigenvalue weighted by atomic mass is 16.3. The minimum absolute atomic E-state index is 0.0523. The molecule has 0 aliphatic rings. The molecule has 4 aromatic rings. The monoisotopic (exact) mass is 352 g/mol. The van der Waals surface area contributed by atoms with E-state index in [1.807, 2.05) is 66.7 Å². The lowest BCUT2D eigenvalue weighted by molar-refractivity contribution is 0.512. The van der Waals surface area contributed by atoms with Crippen LogP contribution in [0.3, 0.4) is 0 Å². The van der Waals surface area contributed by atoms with Crippen LogP contribution in [0, 0.1) is 0 Å². The third kappa shape index (κ3) is 3.88. The second-order valence-electron chi connectivity index (χ2n) is 5.82. The van der Waals surface area contributed by atoms with Crippen molar-refractivity contribution in [2.24, 2.45) is 0 Å². The topological polar surface area (TPSA) is 71.8 Å². The number of rotatable bonds is 4. The Balaban J connectivity index is 1.68. The molecule has 1 N–H and O–H groups in total. The smallest absolute Gasteiger partial charge is 0.143 e. The van der Waals surface area contributed by atoms with E-state index in [4.69, 9.17) is 0 Å². The van der Waals surface area contributed by atoms with Crippen LogP contribution in [0.5, 0.6) is 0 Å². The van der Waals surface area contributed by atoms with Gasteiger partial charge in [-0.3, -0.25) is 9.97 Å². The van der Waals surface area contributed by atoms with E-state index in [1.165, 1.54) is 0 Å². The fourth-order valence-electron chi connectivity index (χ4n) is 2.63. The summed E-state index contributed by atoms with van der Waals surface area (Å²) in [6.45, 7) is 0. The molecule has 0 amide bonds. The lowest BCUT2D eigenvalue weighted by atomic mass is 10.1. The number of hydrogen-bond donors (Lipinski definition) is 1. The van der Waals surface area contributed by atoms with Gasteiger partial charge in [-0.2, -0.15) is 0 Å². The van der Waals surface area contributed by atoms with Crippen LogP contribution < -0.4 is 0 Å². The van der Waals surface area contributed by atoms with E-state index < -0.39 is 0 Å². The van der Waals surface area contributed by atoms with Crippen molar-refractivity contribution in [2.45, 2.75) is 0 Å². The van der Waals surface area contributed by atoms with Gasteiger partial charge in [0.05, 0.1) is 28.5 Å². The molecule has 4 rings (SSSR count). The van der Waals surface area contributed by atoms with E-state index in [2.05, 4.69) is 19.9 Å². The zero-order valence-electron chi connectivity index (χ0n) is 14.4. The molecule has 130 valence electrons. The maximum Gasteiger partial charge on any atom is 0.143 e. The Morgan fingerprint density at radius 1 is 0.630 bits per heavy atom. The highest BCUT2D eigenvalue weighted by Gasteiger charge is 2.08.